The molecule has 1 atom stereocenters. The molecule has 0 bridgehead atoms. The zero-order valence-corrected chi connectivity index (χ0v) is 17.2. The van der Waals surface area contributed by atoms with Crippen LogP contribution < -0.4 is 19.1 Å². The van der Waals surface area contributed by atoms with Gasteiger partial charge in [0, 0.05) is 6.07 Å². The first-order valence-electron chi connectivity index (χ1n) is 8.89. The molecule has 0 aliphatic carbocycles. The Balaban J connectivity index is 1.77. The molecule has 8 heteroatoms. The summed E-state index contributed by atoms with van der Waals surface area (Å²) in [6.45, 7) is 5.63. The molecule has 150 valence electrons. The first kappa shape index (κ1) is 20.0. The quantitative estimate of drug-likeness (QED) is 0.800. The molecule has 0 aromatic heterocycles. The number of aryl methyl sites for hydroxylation is 2. The lowest BCUT2D eigenvalue weighted by Gasteiger charge is -2.24. The van der Waals surface area contributed by atoms with E-state index in [1.807, 2.05) is 39.0 Å². The molecular formula is C20H24N2O5S. The lowest BCUT2D eigenvalue weighted by Crippen LogP contribution is -2.41. The van der Waals surface area contributed by atoms with Crippen molar-refractivity contribution in [3.05, 3.63) is 53.1 Å². The van der Waals surface area contributed by atoms with E-state index >= 15 is 0 Å². The highest BCUT2D eigenvalue weighted by Gasteiger charge is 2.24. The number of ether oxygens (including phenoxy) is 2. The third kappa shape index (κ3) is 4.39. The number of nitrogens with one attached hydrogen (secondary N) is 1. The first-order valence-corrected chi connectivity index (χ1v) is 10.7. The average Bonchev–Trinajstić information content (AvgIpc) is 3.06. The van der Waals surface area contributed by atoms with Crippen LogP contribution in [0.25, 0.3) is 0 Å². The van der Waals surface area contributed by atoms with Crippen molar-refractivity contribution >= 4 is 21.6 Å². The minimum atomic E-state index is -3.67. The third-order valence-electron chi connectivity index (χ3n) is 4.60. The number of sulfonamides is 1. The van der Waals surface area contributed by atoms with Crippen molar-refractivity contribution in [1.82, 2.24) is 5.32 Å². The molecular weight excluding hydrogens is 380 g/mol. The molecule has 2 aromatic carbocycles. The lowest BCUT2D eigenvalue weighted by molar-refractivity contribution is -0.120. The molecule has 3 rings (SSSR count). The normalized spacial score (nSPS) is 13.9. The number of hydrogen-bond donors (Lipinski definition) is 1. The van der Waals surface area contributed by atoms with Crippen molar-refractivity contribution in [3.63, 3.8) is 0 Å². The van der Waals surface area contributed by atoms with Crippen molar-refractivity contribution in [2.45, 2.75) is 26.8 Å². The highest BCUT2D eigenvalue weighted by atomic mass is 32.2. The van der Waals surface area contributed by atoms with E-state index in [1.54, 1.807) is 18.2 Å². The van der Waals surface area contributed by atoms with Gasteiger partial charge in [0.05, 0.1) is 18.0 Å². The lowest BCUT2D eigenvalue weighted by atomic mass is 10.0. The van der Waals surface area contributed by atoms with Gasteiger partial charge < -0.3 is 14.8 Å². The molecule has 1 N–H and O–H groups in total. The Morgan fingerprint density at radius 2 is 1.86 bits per heavy atom. The maximum Gasteiger partial charge on any atom is 0.241 e. The minimum absolute atomic E-state index is 0.0889. The molecule has 0 spiro atoms. The monoisotopic (exact) mass is 404 g/mol. The number of rotatable bonds is 6. The number of carbonyl (C=O) groups excluding carboxylic acids is 1. The molecule has 0 fully saturated rings. The zero-order chi connectivity index (χ0) is 20.5. The summed E-state index contributed by atoms with van der Waals surface area (Å²) in [6.07, 6.45) is 1.07. The largest absolute Gasteiger partial charge is 0.454 e. The SMILES string of the molecule is Cc1ccc(C(C)NC(=O)CN(c2ccc3c(c2)OCO3)S(C)(=O)=O)c(C)c1. The summed E-state index contributed by atoms with van der Waals surface area (Å²) in [5.41, 5.74) is 3.56. The standard InChI is InChI=1S/C20H24N2O5S/c1-13-5-7-17(14(2)9-13)15(3)21-20(23)11-22(28(4,24)25)16-6-8-18-19(10-16)27-12-26-18/h5-10,15H,11-12H2,1-4H3,(H,21,23). The van der Waals surface area contributed by atoms with Gasteiger partial charge in [0.2, 0.25) is 22.7 Å². The molecule has 1 unspecified atom stereocenters. The van der Waals surface area contributed by atoms with Gasteiger partial charge in [0.15, 0.2) is 11.5 Å². The molecule has 1 heterocycles. The van der Waals surface area contributed by atoms with Gasteiger partial charge in [-0.05, 0) is 44.0 Å². The maximum absolute atomic E-state index is 12.6. The fourth-order valence-electron chi connectivity index (χ4n) is 3.25. The molecule has 2 aromatic rings. The number of anilines is 1. The van der Waals surface area contributed by atoms with Crippen LogP contribution in [0.2, 0.25) is 0 Å². The maximum atomic E-state index is 12.6. The second kappa shape index (κ2) is 7.71. The molecule has 1 aliphatic heterocycles. The highest BCUT2D eigenvalue weighted by molar-refractivity contribution is 7.92. The van der Waals surface area contributed by atoms with Gasteiger partial charge in [-0.2, -0.15) is 0 Å². The average molecular weight is 404 g/mol. The second-order valence-corrected chi connectivity index (χ2v) is 8.86. The minimum Gasteiger partial charge on any atom is -0.454 e. The van der Waals surface area contributed by atoms with Crippen LogP contribution in [-0.4, -0.2) is 33.9 Å². The number of benzene rings is 2. The van der Waals surface area contributed by atoms with Crippen molar-refractivity contribution < 1.29 is 22.7 Å². The van der Waals surface area contributed by atoms with Crippen LogP contribution >= 0.6 is 0 Å². The van der Waals surface area contributed by atoms with Gasteiger partial charge in [-0.1, -0.05) is 23.8 Å². The Kier molecular flexibility index (Phi) is 5.51. The predicted octanol–water partition coefficient (Wildman–Crippen LogP) is 2.68. The molecule has 1 amide bonds. The number of carbonyl (C=O) groups is 1. The van der Waals surface area contributed by atoms with E-state index in [9.17, 15) is 13.2 Å². The summed E-state index contributed by atoms with van der Waals surface area (Å²) >= 11 is 0. The Bertz CT molecular complexity index is 1000. The van der Waals surface area contributed by atoms with E-state index in [0.29, 0.717) is 17.2 Å². The molecule has 0 saturated carbocycles. The van der Waals surface area contributed by atoms with Crippen LogP contribution in [0.1, 0.15) is 29.7 Å². The van der Waals surface area contributed by atoms with Gasteiger partial charge in [0.1, 0.15) is 6.54 Å². The topological polar surface area (TPSA) is 84.9 Å². The van der Waals surface area contributed by atoms with Crippen molar-refractivity contribution in [1.29, 1.82) is 0 Å². The Morgan fingerprint density at radius 3 is 2.54 bits per heavy atom. The van der Waals surface area contributed by atoms with Crippen LogP contribution in [-0.2, 0) is 14.8 Å². The van der Waals surface area contributed by atoms with E-state index in [-0.39, 0.29) is 19.4 Å². The fraction of sp³-hybridized carbons (Fsp3) is 0.350. The van der Waals surface area contributed by atoms with Crippen molar-refractivity contribution in [2.24, 2.45) is 0 Å². The van der Waals surface area contributed by atoms with Gasteiger partial charge in [-0.3, -0.25) is 9.10 Å². The number of hydrogen-bond acceptors (Lipinski definition) is 5. The number of nitrogens with zero attached hydrogens (tertiary/aromatic N) is 1. The first-order chi connectivity index (χ1) is 13.1. The van der Waals surface area contributed by atoms with Crippen LogP contribution in [0.3, 0.4) is 0 Å². The van der Waals surface area contributed by atoms with Crippen LogP contribution in [0.5, 0.6) is 11.5 Å². The fourth-order valence-corrected chi connectivity index (χ4v) is 4.10. The summed E-state index contributed by atoms with van der Waals surface area (Å²) in [5.74, 6) is 0.607. The third-order valence-corrected chi connectivity index (χ3v) is 5.74. The molecule has 28 heavy (non-hydrogen) atoms. The summed E-state index contributed by atoms with van der Waals surface area (Å²) in [6, 6.07) is 10.5. The van der Waals surface area contributed by atoms with E-state index in [4.69, 9.17) is 9.47 Å². The van der Waals surface area contributed by atoms with E-state index in [2.05, 4.69) is 5.32 Å². The Hall–Kier alpha value is -2.74. The van der Waals surface area contributed by atoms with Gasteiger partial charge in [0.25, 0.3) is 0 Å². The highest BCUT2D eigenvalue weighted by Crippen LogP contribution is 2.36. The van der Waals surface area contributed by atoms with E-state index < -0.39 is 15.9 Å². The predicted molar refractivity (Wildman–Crippen MR) is 107 cm³/mol. The second-order valence-electron chi connectivity index (χ2n) is 6.96. The van der Waals surface area contributed by atoms with Crippen molar-refractivity contribution in [3.8, 4) is 11.5 Å². The van der Waals surface area contributed by atoms with E-state index in [1.165, 1.54) is 0 Å². The van der Waals surface area contributed by atoms with Gasteiger partial charge in [-0.25, -0.2) is 8.42 Å². The smallest absolute Gasteiger partial charge is 0.241 e. The summed E-state index contributed by atoms with van der Waals surface area (Å²) in [4.78, 5) is 12.6. The van der Waals surface area contributed by atoms with E-state index in [0.717, 1.165) is 27.3 Å². The van der Waals surface area contributed by atoms with Gasteiger partial charge in [-0.15, -0.1) is 0 Å². The Labute approximate surface area is 165 Å². The van der Waals surface area contributed by atoms with Crippen LogP contribution in [0.4, 0.5) is 5.69 Å². The van der Waals surface area contributed by atoms with Crippen LogP contribution in [0.15, 0.2) is 36.4 Å². The molecule has 0 radical (unpaired) electrons. The number of amides is 1. The summed E-state index contributed by atoms with van der Waals surface area (Å²) in [5, 5.41) is 2.88. The zero-order valence-electron chi connectivity index (χ0n) is 16.4. The Morgan fingerprint density at radius 1 is 1.14 bits per heavy atom. The molecule has 0 saturated heterocycles. The van der Waals surface area contributed by atoms with Crippen molar-refractivity contribution in [2.75, 3.05) is 23.9 Å². The summed E-state index contributed by atoms with van der Waals surface area (Å²) in [7, 11) is -3.67. The van der Waals surface area contributed by atoms with Gasteiger partial charge >= 0.3 is 0 Å². The molecule has 1 aliphatic rings. The summed E-state index contributed by atoms with van der Waals surface area (Å²) < 4.78 is 36.2. The van der Waals surface area contributed by atoms with Crippen LogP contribution in [0, 0.1) is 13.8 Å². The number of fused-ring (bicyclic) bond motifs is 1. The molecule has 7 nitrogen and oxygen atoms in total.